The molecule has 0 bridgehead atoms. The van der Waals surface area contributed by atoms with E-state index >= 15 is 0 Å². The van der Waals surface area contributed by atoms with E-state index in [-0.39, 0.29) is 21.8 Å². The normalized spacial score (nSPS) is 10.8. The molecule has 172 valence electrons. The highest BCUT2D eigenvalue weighted by molar-refractivity contribution is 7.99. The Kier molecular flexibility index (Phi) is 6.33. The fraction of sp³-hybridized carbons (Fsp3) is 0.0833. The number of nitro groups is 1. The molecule has 0 aliphatic carbocycles. The summed E-state index contributed by atoms with van der Waals surface area (Å²) >= 11 is 0.967. The molecular formula is C24H19FN4O4S. The van der Waals surface area contributed by atoms with E-state index in [1.165, 1.54) is 22.9 Å². The van der Waals surface area contributed by atoms with E-state index < -0.39 is 22.2 Å². The number of nitro benzene ring substituents is 1. The summed E-state index contributed by atoms with van der Waals surface area (Å²) in [6.07, 6.45) is 0. The van der Waals surface area contributed by atoms with Crippen LogP contribution in [0, 0.1) is 22.9 Å². The maximum absolute atomic E-state index is 14.2. The second-order valence-electron chi connectivity index (χ2n) is 7.36. The molecule has 1 aromatic heterocycles. The minimum Gasteiger partial charge on any atom is -0.316 e. The number of carbonyl (C=O) groups excluding carboxylic acids is 1. The van der Waals surface area contributed by atoms with Crippen molar-refractivity contribution in [3.8, 4) is 5.69 Å². The third-order valence-corrected chi connectivity index (χ3v) is 6.39. The molecule has 0 aliphatic rings. The molecule has 0 radical (unpaired) electrons. The molecule has 0 unspecified atom stereocenters. The van der Waals surface area contributed by atoms with Crippen LogP contribution in [0.2, 0.25) is 0 Å². The SMILES string of the molecule is Cc1c(NC(=O)c2cc([N+](=O)[O-])ccc2Sc2ccccc2F)c(=O)n(-c2ccccc2)n1C. The lowest BCUT2D eigenvalue weighted by atomic mass is 10.2. The summed E-state index contributed by atoms with van der Waals surface area (Å²) in [6.45, 7) is 1.68. The van der Waals surface area contributed by atoms with Gasteiger partial charge in [0, 0.05) is 29.0 Å². The standard InChI is InChI=1S/C24H19FN4O4S/c1-15-22(24(31)28(27(15)2)16-8-4-3-5-9-16)26-23(30)18-14-17(29(32)33)12-13-20(18)34-21-11-7-6-10-19(21)25/h3-14H,1-2H3,(H,26,30). The number of nitrogens with one attached hydrogen (secondary N) is 1. The van der Waals surface area contributed by atoms with Gasteiger partial charge < -0.3 is 5.32 Å². The van der Waals surface area contributed by atoms with E-state index in [2.05, 4.69) is 5.32 Å². The van der Waals surface area contributed by atoms with Gasteiger partial charge in [0.2, 0.25) is 0 Å². The lowest BCUT2D eigenvalue weighted by molar-refractivity contribution is -0.384. The predicted octanol–water partition coefficient (Wildman–Crippen LogP) is 4.94. The van der Waals surface area contributed by atoms with Crippen molar-refractivity contribution in [2.75, 3.05) is 5.32 Å². The van der Waals surface area contributed by atoms with Gasteiger partial charge in [0.1, 0.15) is 11.5 Å². The number of benzene rings is 3. The van der Waals surface area contributed by atoms with Gasteiger partial charge in [-0.05, 0) is 37.3 Å². The van der Waals surface area contributed by atoms with Gasteiger partial charge in [0.05, 0.1) is 21.9 Å². The van der Waals surface area contributed by atoms with Crippen LogP contribution in [0.3, 0.4) is 0 Å². The molecule has 34 heavy (non-hydrogen) atoms. The summed E-state index contributed by atoms with van der Waals surface area (Å²) in [6, 6.07) is 18.7. The van der Waals surface area contributed by atoms with Gasteiger partial charge in [-0.15, -0.1) is 0 Å². The number of anilines is 1. The van der Waals surface area contributed by atoms with Gasteiger partial charge in [-0.2, -0.15) is 0 Å². The van der Waals surface area contributed by atoms with Gasteiger partial charge in [0.15, 0.2) is 0 Å². The summed E-state index contributed by atoms with van der Waals surface area (Å²) in [7, 11) is 1.69. The first kappa shape index (κ1) is 23.0. The monoisotopic (exact) mass is 478 g/mol. The molecule has 4 rings (SSSR count). The van der Waals surface area contributed by atoms with Crippen LogP contribution in [0.1, 0.15) is 16.1 Å². The number of rotatable bonds is 6. The van der Waals surface area contributed by atoms with E-state index in [0.29, 0.717) is 16.3 Å². The van der Waals surface area contributed by atoms with Crippen LogP contribution in [0.5, 0.6) is 0 Å². The maximum atomic E-state index is 14.2. The molecule has 10 heteroatoms. The van der Waals surface area contributed by atoms with Crippen LogP contribution in [0.15, 0.2) is 87.4 Å². The number of non-ortho nitro benzene ring substituents is 1. The molecule has 0 saturated heterocycles. The predicted molar refractivity (Wildman–Crippen MR) is 127 cm³/mol. The summed E-state index contributed by atoms with van der Waals surface area (Å²) in [4.78, 5) is 37.7. The molecule has 0 saturated carbocycles. The first-order chi connectivity index (χ1) is 16.3. The summed E-state index contributed by atoms with van der Waals surface area (Å²) in [5.41, 5.74) is 0.365. The van der Waals surface area contributed by atoms with E-state index in [9.17, 15) is 24.1 Å². The van der Waals surface area contributed by atoms with Gasteiger partial charge >= 0.3 is 0 Å². The second kappa shape index (κ2) is 9.36. The Morgan fingerprint density at radius 2 is 1.71 bits per heavy atom. The van der Waals surface area contributed by atoms with Crippen molar-refractivity contribution < 1.29 is 14.1 Å². The van der Waals surface area contributed by atoms with Crippen molar-refractivity contribution >= 4 is 29.0 Å². The number of aromatic nitrogens is 2. The van der Waals surface area contributed by atoms with E-state index in [4.69, 9.17) is 0 Å². The number of halogens is 1. The number of hydrogen-bond acceptors (Lipinski definition) is 5. The lowest BCUT2D eigenvalue weighted by Gasteiger charge is -2.10. The van der Waals surface area contributed by atoms with Crippen molar-refractivity contribution in [3.05, 3.63) is 110 Å². The topological polar surface area (TPSA) is 99.2 Å². The quantitative estimate of drug-likeness (QED) is 0.313. The Morgan fingerprint density at radius 1 is 1.03 bits per heavy atom. The number of nitrogens with zero attached hydrogens (tertiary/aromatic N) is 3. The highest BCUT2D eigenvalue weighted by Crippen LogP contribution is 2.34. The fourth-order valence-corrected chi connectivity index (χ4v) is 4.38. The first-order valence-electron chi connectivity index (χ1n) is 10.1. The van der Waals surface area contributed by atoms with Crippen LogP contribution in [0.4, 0.5) is 15.8 Å². The first-order valence-corrected chi connectivity index (χ1v) is 11.0. The largest absolute Gasteiger partial charge is 0.316 e. The van der Waals surface area contributed by atoms with E-state index in [1.54, 1.807) is 61.1 Å². The molecule has 3 aromatic carbocycles. The zero-order valence-electron chi connectivity index (χ0n) is 18.2. The average Bonchev–Trinajstić information content (AvgIpc) is 3.04. The molecule has 8 nitrogen and oxygen atoms in total. The van der Waals surface area contributed by atoms with Crippen LogP contribution < -0.4 is 10.9 Å². The Hall–Kier alpha value is -4.18. The molecule has 1 N–H and O–H groups in total. The van der Waals surface area contributed by atoms with Crippen molar-refractivity contribution in [1.82, 2.24) is 9.36 Å². The highest BCUT2D eigenvalue weighted by Gasteiger charge is 2.23. The lowest BCUT2D eigenvalue weighted by Crippen LogP contribution is -2.23. The Labute approximate surface area is 197 Å². The minimum absolute atomic E-state index is 0.0450. The zero-order valence-corrected chi connectivity index (χ0v) is 19.0. The third kappa shape index (κ3) is 4.35. The van der Waals surface area contributed by atoms with E-state index in [1.807, 2.05) is 6.07 Å². The Morgan fingerprint density at radius 3 is 2.38 bits per heavy atom. The van der Waals surface area contributed by atoms with Gasteiger partial charge in [0.25, 0.3) is 17.2 Å². The van der Waals surface area contributed by atoms with E-state index in [0.717, 1.165) is 17.8 Å². The molecule has 0 fully saturated rings. The van der Waals surface area contributed by atoms with Crippen molar-refractivity contribution in [2.45, 2.75) is 16.7 Å². The van der Waals surface area contributed by atoms with Gasteiger partial charge in [-0.25, -0.2) is 9.07 Å². The maximum Gasteiger partial charge on any atom is 0.295 e. The highest BCUT2D eigenvalue weighted by atomic mass is 32.2. The molecule has 0 atom stereocenters. The molecule has 1 amide bonds. The van der Waals surface area contributed by atoms with Gasteiger partial charge in [-0.1, -0.05) is 42.1 Å². The molecular weight excluding hydrogens is 459 g/mol. The van der Waals surface area contributed by atoms with Crippen molar-refractivity contribution in [1.29, 1.82) is 0 Å². The molecule has 0 aliphatic heterocycles. The minimum atomic E-state index is -0.714. The summed E-state index contributed by atoms with van der Waals surface area (Å²) in [5, 5.41) is 13.9. The summed E-state index contributed by atoms with van der Waals surface area (Å²) < 4.78 is 17.2. The molecule has 1 heterocycles. The Balaban J connectivity index is 1.75. The zero-order chi connectivity index (χ0) is 24.4. The van der Waals surface area contributed by atoms with Crippen LogP contribution >= 0.6 is 11.8 Å². The fourth-order valence-electron chi connectivity index (χ4n) is 3.44. The number of carbonyl (C=O) groups is 1. The summed E-state index contributed by atoms with van der Waals surface area (Å²) in [5.74, 6) is -1.20. The van der Waals surface area contributed by atoms with Gasteiger partial charge in [-0.3, -0.25) is 24.4 Å². The van der Waals surface area contributed by atoms with Crippen molar-refractivity contribution in [2.24, 2.45) is 7.05 Å². The molecule has 4 aromatic rings. The average molecular weight is 479 g/mol. The van der Waals surface area contributed by atoms with Crippen molar-refractivity contribution in [3.63, 3.8) is 0 Å². The smallest absolute Gasteiger partial charge is 0.295 e. The Bertz CT molecular complexity index is 1460. The second-order valence-corrected chi connectivity index (χ2v) is 8.44. The van der Waals surface area contributed by atoms with Crippen LogP contribution in [-0.2, 0) is 7.05 Å². The number of amides is 1. The number of hydrogen-bond donors (Lipinski definition) is 1. The van der Waals surface area contributed by atoms with Crippen LogP contribution in [0.25, 0.3) is 5.69 Å². The third-order valence-electron chi connectivity index (χ3n) is 5.27. The molecule has 0 spiro atoms. The van der Waals surface area contributed by atoms with Crippen LogP contribution in [-0.4, -0.2) is 20.2 Å². The number of para-hydroxylation sites is 1.